The Bertz CT molecular complexity index is 476. The van der Waals surface area contributed by atoms with Crippen molar-refractivity contribution in [1.82, 2.24) is 9.78 Å². The summed E-state index contributed by atoms with van der Waals surface area (Å²) < 4.78 is 1.43. The average Bonchev–Trinajstić information content (AvgIpc) is 2.54. The summed E-state index contributed by atoms with van der Waals surface area (Å²) in [6, 6.07) is 0. The van der Waals surface area contributed by atoms with Gasteiger partial charge in [-0.15, -0.1) is 0 Å². The highest BCUT2D eigenvalue weighted by Crippen LogP contribution is 2.49. The van der Waals surface area contributed by atoms with Crippen molar-refractivity contribution < 1.29 is 14.8 Å². The molecule has 0 bridgehead atoms. The van der Waals surface area contributed by atoms with Crippen molar-refractivity contribution in [3.63, 3.8) is 0 Å². The minimum atomic E-state index is -0.930. The molecule has 0 unspecified atom stereocenters. The summed E-state index contributed by atoms with van der Waals surface area (Å²) in [4.78, 5) is 21.3. The number of nitro groups is 1. The van der Waals surface area contributed by atoms with Gasteiger partial charge in [-0.1, -0.05) is 6.42 Å². The van der Waals surface area contributed by atoms with Crippen molar-refractivity contribution in [2.75, 3.05) is 0 Å². The standard InChI is InChI=1S/C10H13N3O4/c1-12-9(7(6-11-12)13(16)17)10(3-2-4-10)5-8(14)15/h6H,2-5H2,1H3,(H,14,15). The molecule has 0 amide bonds. The Hall–Kier alpha value is -1.92. The van der Waals surface area contributed by atoms with Gasteiger partial charge in [-0.2, -0.15) is 5.10 Å². The molecular formula is C10H13N3O4. The van der Waals surface area contributed by atoms with E-state index in [0.717, 1.165) is 6.42 Å². The number of carboxylic acid groups (broad SMARTS) is 1. The van der Waals surface area contributed by atoms with E-state index < -0.39 is 16.3 Å². The molecule has 2 rings (SSSR count). The number of rotatable bonds is 4. The Labute approximate surface area is 97.2 Å². The van der Waals surface area contributed by atoms with Crippen LogP contribution >= 0.6 is 0 Å². The Morgan fingerprint density at radius 3 is 2.76 bits per heavy atom. The molecule has 1 aromatic rings. The van der Waals surface area contributed by atoms with E-state index >= 15 is 0 Å². The molecule has 92 valence electrons. The van der Waals surface area contributed by atoms with Crippen LogP contribution in [0.1, 0.15) is 31.4 Å². The highest BCUT2D eigenvalue weighted by atomic mass is 16.6. The average molecular weight is 239 g/mol. The zero-order valence-electron chi connectivity index (χ0n) is 9.42. The number of aryl methyl sites for hydroxylation is 1. The first-order valence-electron chi connectivity index (χ1n) is 5.35. The Kier molecular flexibility index (Phi) is 2.60. The number of aliphatic carboxylic acids is 1. The predicted molar refractivity (Wildman–Crippen MR) is 57.6 cm³/mol. The molecule has 1 saturated carbocycles. The monoisotopic (exact) mass is 239 g/mol. The quantitative estimate of drug-likeness (QED) is 0.629. The molecule has 0 spiro atoms. The molecule has 1 N–H and O–H groups in total. The summed E-state index contributed by atoms with van der Waals surface area (Å²) in [7, 11) is 1.62. The summed E-state index contributed by atoms with van der Waals surface area (Å²) in [5.74, 6) is -0.930. The van der Waals surface area contributed by atoms with Crippen LogP contribution in [0.15, 0.2) is 6.20 Å². The number of hydrogen-bond acceptors (Lipinski definition) is 4. The van der Waals surface area contributed by atoms with E-state index in [1.165, 1.54) is 10.9 Å². The van der Waals surface area contributed by atoms with Crippen molar-refractivity contribution in [1.29, 1.82) is 0 Å². The Morgan fingerprint density at radius 2 is 2.35 bits per heavy atom. The molecule has 1 aliphatic rings. The van der Waals surface area contributed by atoms with E-state index in [0.29, 0.717) is 18.5 Å². The van der Waals surface area contributed by atoms with Gasteiger partial charge >= 0.3 is 11.7 Å². The van der Waals surface area contributed by atoms with Gasteiger partial charge in [0.25, 0.3) is 0 Å². The largest absolute Gasteiger partial charge is 0.481 e. The van der Waals surface area contributed by atoms with Crippen LogP contribution in [0.5, 0.6) is 0 Å². The van der Waals surface area contributed by atoms with E-state index in [2.05, 4.69) is 5.10 Å². The third kappa shape index (κ3) is 1.77. The van der Waals surface area contributed by atoms with Gasteiger partial charge in [0.05, 0.1) is 11.3 Å². The van der Waals surface area contributed by atoms with Crippen molar-refractivity contribution in [3.8, 4) is 0 Å². The highest BCUT2D eigenvalue weighted by Gasteiger charge is 2.47. The third-order valence-electron chi connectivity index (χ3n) is 3.42. The van der Waals surface area contributed by atoms with Crippen molar-refractivity contribution >= 4 is 11.7 Å². The molecule has 1 fully saturated rings. The van der Waals surface area contributed by atoms with E-state index in [9.17, 15) is 14.9 Å². The van der Waals surface area contributed by atoms with Crippen LogP contribution in [0, 0.1) is 10.1 Å². The van der Waals surface area contributed by atoms with Gasteiger partial charge < -0.3 is 5.11 Å². The number of aromatic nitrogens is 2. The van der Waals surface area contributed by atoms with Crippen molar-refractivity contribution in [2.24, 2.45) is 7.05 Å². The fourth-order valence-corrected chi connectivity index (χ4v) is 2.56. The maximum atomic E-state index is 10.9. The van der Waals surface area contributed by atoms with Gasteiger partial charge in [0.15, 0.2) is 0 Å². The van der Waals surface area contributed by atoms with Crippen LogP contribution in [0.2, 0.25) is 0 Å². The smallest absolute Gasteiger partial charge is 0.310 e. The highest BCUT2D eigenvalue weighted by molar-refractivity contribution is 5.69. The number of nitrogens with zero attached hydrogens (tertiary/aromatic N) is 3. The topological polar surface area (TPSA) is 98.3 Å². The first-order valence-corrected chi connectivity index (χ1v) is 5.35. The van der Waals surface area contributed by atoms with Crippen LogP contribution in [-0.2, 0) is 17.3 Å². The molecule has 0 saturated heterocycles. The second-order valence-electron chi connectivity index (χ2n) is 4.46. The van der Waals surface area contributed by atoms with Gasteiger partial charge in [0.1, 0.15) is 11.9 Å². The van der Waals surface area contributed by atoms with Crippen LogP contribution in [-0.4, -0.2) is 25.8 Å². The first-order chi connectivity index (χ1) is 7.96. The minimum absolute atomic E-state index is 0.0755. The Balaban J connectivity index is 2.46. The van der Waals surface area contributed by atoms with E-state index in [1.807, 2.05) is 0 Å². The maximum Gasteiger partial charge on any atom is 0.310 e. The molecule has 7 heteroatoms. The lowest BCUT2D eigenvalue weighted by atomic mass is 9.64. The molecule has 7 nitrogen and oxygen atoms in total. The normalized spacial score (nSPS) is 17.5. The van der Waals surface area contributed by atoms with E-state index in [1.54, 1.807) is 7.05 Å². The lowest BCUT2D eigenvalue weighted by Gasteiger charge is -2.39. The fourth-order valence-electron chi connectivity index (χ4n) is 2.56. The Morgan fingerprint density at radius 1 is 1.71 bits per heavy atom. The summed E-state index contributed by atoms with van der Waals surface area (Å²) in [6.45, 7) is 0. The molecular weight excluding hydrogens is 226 g/mol. The molecule has 0 radical (unpaired) electrons. The number of hydrogen-bond donors (Lipinski definition) is 1. The zero-order chi connectivity index (χ0) is 12.6. The first kappa shape index (κ1) is 11.6. The third-order valence-corrected chi connectivity index (χ3v) is 3.42. The molecule has 1 heterocycles. The summed E-state index contributed by atoms with van der Waals surface area (Å²) in [6.07, 6.45) is 3.35. The fraction of sp³-hybridized carbons (Fsp3) is 0.600. The van der Waals surface area contributed by atoms with Crippen LogP contribution in [0.4, 0.5) is 5.69 Å². The van der Waals surface area contributed by atoms with Crippen molar-refractivity contribution in [2.45, 2.75) is 31.1 Å². The van der Waals surface area contributed by atoms with Gasteiger partial charge in [-0.05, 0) is 12.8 Å². The van der Waals surface area contributed by atoms with Gasteiger partial charge in [-0.25, -0.2) is 0 Å². The van der Waals surface area contributed by atoms with Crippen LogP contribution < -0.4 is 0 Å². The zero-order valence-corrected chi connectivity index (χ0v) is 9.42. The van der Waals surface area contributed by atoms with Crippen LogP contribution in [0.3, 0.4) is 0 Å². The number of carbonyl (C=O) groups is 1. The molecule has 0 aromatic carbocycles. The molecule has 1 aromatic heterocycles. The van der Waals surface area contributed by atoms with Gasteiger partial charge in [-0.3, -0.25) is 19.6 Å². The SMILES string of the molecule is Cn1ncc([N+](=O)[O-])c1C1(CC(=O)O)CCC1. The second-order valence-corrected chi connectivity index (χ2v) is 4.46. The lowest BCUT2D eigenvalue weighted by molar-refractivity contribution is -0.386. The van der Waals surface area contributed by atoms with Gasteiger partial charge in [0.2, 0.25) is 0 Å². The molecule has 0 atom stereocenters. The summed E-state index contributed by atoms with van der Waals surface area (Å²) >= 11 is 0. The maximum absolute atomic E-state index is 10.9. The van der Waals surface area contributed by atoms with E-state index in [4.69, 9.17) is 5.11 Å². The van der Waals surface area contributed by atoms with Crippen LogP contribution in [0.25, 0.3) is 0 Å². The van der Waals surface area contributed by atoms with E-state index in [-0.39, 0.29) is 12.1 Å². The summed E-state index contributed by atoms with van der Waals surface area (Å²) in [5, 5.41) is 23.7. The molecule has 17 heavy (non-hydrogen) atoms. The van der Waals surface area contributed by atoms with Crippen molar-refractivity contribution in [3.05, 3.63) is 22.0 Å². The lowest BCUT2D eigenvalue weighted by Crippen LogP contribution is -2.39. The second kappa shape index (κ2) is 3.83. The van der Waals surface area contributed by atoms with Gasteiger partial charge in [0, 0.05) is 12.5 Å². The molecule has 0 aliphatic heterocycles. The minimum Gasteiger partial charge on any atom is -0.481 e. The number of carboxylic acids is 1. The molecule has 1 aliphatic carbocycles. The predicted octanol–water partition coefficient (Wildman–Crippen LogP) is 1.22. The summed E-state index contributed by atoms with van der Waals surface area (Å²) in [5.41, 5.74) is -0.246.